The molecule has 1 fully saturated rings. The van der Waals surface area contributed by atoms with Gasteiger partial charge in [-0.15, -0.1) is 12.4 Å². The molecule has 1 amide bonds. The fraction of sp³-hybridized carbons (Fsp3) is 0.435. The number of benzene rings is 2. The lowest BCUT2D eigenvalue weighted by Crippen LogP contribution is -2.45. The minimum absolute atomic E-state index is 0. The van der Waals surface area contributed by atoms with Gasteiger partial charge in [0.15, 0.2) is 0 Å². The van der Waals surface area contributed by atoms with Gasteiger partial charge in [0, 0.05) is 51.4 Å². The third kappa shape index (κ3) is 4.24. The number of nitrogens with zero attached hydrogens (tertiary/aromatic N) is 2. The van der Waals surface area contributed by atoms with Crippen LogP contribution in [0.3, 0.4) is 0 Å². The molecular formula is C23H30ClN3O. The third-order valence-electron chi connectivity index (χ3n) is 6.00. The number of aryl methyl sites for hydroxylation is 2. The number of hydrogen-bond donors (Lipinski definition) is 1. The van der Waals surface area contributed by atoms with E-state index < -0.39 is 0 Å². The Balaban J connectivity index is 0.00000225. The Morgan fingerprint density at radius 1 is 1.07 bits per heavy atom. The van der Waals surface area contributed by atoms with Crippen molar-refractivity contribution < 1.29 is 4.79 Å². The molecule has 0 bridgehead atoms. The van der Waals surface area contributed by atoms with Gasteiger partial charge in [-0.2, -0.15) is 0 Å². The van der Waals surface area contributed by atoms with Crippen LogP contribution in [-0.4, -0.2) is 37.5 Å². The topological polar surface area (TPSA) is 35.6 Å². The molecule has 0 aliphatic carbocycles. The van der Waals surface area contributed by atoms with Crippen molar-refractivity contribution in [1.29, 1.82) is 0 Å². The zero-order chi connectivity index (χ0) is 18.8. The smallest absolute Gasteiger partial charge is 0.227 e. The number of piperazine rings is 1. The number of nitrogens with one attached hydrogen (secondary N) is 1. The molecule has 28 heavy (non-hydrogen) atoms. The summed E-state index contributed by atoms with van der Waals surface area (Å²) in [6, 6.07) is 16.1. The maximum atomic E-state index is 11.9. The van der Waals surface area contributed by atoms with Crippen molar-refractivity contribution in [1.82, 2.24) is 10.2 Å². The summed E-state index contributed by atoms with van der Waals surface area (Å²) in [5.41, 5.74) is 6.49. The highest BCUT2D eigenvalue weighted by Crippen LogP contribution is 2.30. The van der Waals surface area contributed by atoms with Gasteiger partial charge >= 0.3 is 0 Å². The molecule has 4 rings (SSSR count). The standard InChI is InChI=1S/C23H29N3O.ClH/c1-3-17-4-7-19(8-5-17)22-15-24-12-13-26(22)16-18-6-10-21-20(14-18)9-11-23(27)25(21)2;/h4-8,10,14,22,24H,3,9,11-13,15-16H2,1-2H3;1H. The summed E-state index contributed by atoms with van der Waals surface area (Å²) in [7, 11) is 1.88. The van der Waals surface area contributed by atoms with Crippen LogP contribution in [0.15, 0.2) is 42.5 Å². The molecule has 2 aliphatic rings. The van der Waals surface area contributed by atoms with E-state index in [2.05, 4.69) is 59.6 Å². The normalized spacial score (nSPS) is 19.9. The lowest BCUT2D eigenvalue weighted by Gasteiger charge is -2.37. The number of carbonyl (C=O) groups excluding carboxylic acids is 1. The minimum Gasteiger partial charge on any atom is -0.315 e. The lowest BCUT2D eigenvalue weighted by atomic mass is 9.97. The molecule has 2 aliphatic heterocycles. The van der Waals surface area contributed by atoms with Crippen molar-refractivity contribution in [3.63, 3.8) is 0 Å². The molecule has 0 saturated carbocycles. The second kappa shape index (κ2) is 9.08. The van der Waals surface area contributed by atoms with Crippen molar-refractivity contribution in [3.8, 4) is 0 Å². The van der Waals surface area contributed by atoms with Crippen LogP contribution >= 0.6 is 12.4 Å². The molecule has 1 atom stereocenters. The van der Waals surface area contributed by atoms with E-state index in [1.165, 1.54) is 22.3 Å². The Morgan fingerprint density at radius 3 is 2.57 bits per heavy atom. The van der Waals surface area contributed by atoms with E-state index in [4.69, 9.17) is 0 Å². The molecule has 0 spiro atoms. The molecule has 2 heterocycles. The molecule has 2 aromatic rings. The van der Waals surface area contributed by atoms with E-state index >= 15 is 0 Å². The predicted octanol–water partition coefficient (Wildman–Crippen LogP) is 3.73. The Bertz CT molecular complexity index is 821. The van der Waals surface area contributed by atoms with Crippen LogP contribution in [0.25, 0.3) is 0 Å². The molecule has 150 valence electrons. The molecule has 5 heteroatoms. The van der Waals surface area contributed by atoms with Gasteiger partial charge in [0.1, 0.15) is 0 Å². The average Bonchev–Trinajstić information content (AvgIpc) is 2.71. The van der Waals surface area contributed by atoms with Crippen molar-refractivity contribution >= 4 is 24.0 Å². The minimum atomic E-state index is 0. The Morgan fingerprint density at radius 2 is 1.82 bits per heavy atom. The first-order valence-corrected chi connectivity index (χ1v) is 10.1. The fourth-order valence-electron chi connectivity index (χ4n) is 4.28. The van der Waals surface area contributed by atoms with Crippen molar-refractivity contribution in [3.05, 3.63) is 64.7 Å². The second-order valence-electron chi connectivity index (χ2n) is 7.70. The number of amides is 1. The van der Waals surface area contributed by atoms with Gasteiger partial charge in [-0.05, 0) is 41.2 Å². The molecular weight excluding hydrogens is 370 g/mol. The average molecular weight is 400 g/mol. The van der Waals surface area contributed by atoms with Gasteiger partial charge in [0.2, 0.25) is 5.91 Å². The van der Waals surface area contributed by atoms with Crippen LogP contribution < -0.4 is 10.2 Å². The van der Waals surface area contributed by atoms with Crippen LogP contribution in [0, 0.1) is 0 Å². The van der Waals surface area contributed by atoms with Crippen molar-refractivity contribution in [2.45, 2.75) is 38.8 Å². The summed E-state index contributed by atoms with van der Waals surface area (Å²) in [5, 5.41) is 3.55. The molecule has 4 nitrogen and oxygen atoms in total. The number of carbonyl (C=O) groups is 1. The lowest BCUT2D eigenvalue weighted by molar-refractivity contribution is -0.118. The highest BCUT2D eigenvalue weighted by molar-refractivity contribution is 5.95. The zero-order valence-corrected chi connectivity index (χ0v) is 17.6. The second-order valence-corrected chi connectivity index (χ2v) is 7.70. The fourth-order valence-corrected chi connectivity index (χ4v) is 4.28. The van der Waals surface area contributed by atoms with Gasteiger partial charge in [-0.1, -0.05) is 43.3 Å². The zero-order valence-electron chi connectivity index (χ0n) is 16.8. The molecule has 2 aromatic carbocycles. The van der Waals surface area contributed by atoms with Crippen LogP contribution in [0.4, 0.5) is 5.69 Å². The van der Waals surface area contributed by atoms with E-state index in [0.717, 1.165) is 44.7 Å². The van der Waals surface area contributed by atoms with Crippen LogP contribution in [0.1, 0.15) is 41.6 Å². The monoisotopic (exact) mass is 399 g/mol. The van der Waals surface area contributed by atoms with E-state index in [-0.39, 0.29) is 18.3 Å². The maximum absolute atomic E-state index is 11.9. The molecule has 1 saturated heterocycles. The Labute approximate surface area is 174 Å². The molecule has 1 unspecified atom stereocenters. The van der Waals surface area contributed by atoms with E-state index in [9.17, 15) is 4.79 Å². The largest absolute Gasteiger partial charge is 0.315 e. The SMILES string of the molecule is CCc1ccc(C2CNCCN2Cc2ccc3c(c2)CCC(=O)N3C)cc1.Cl. The van der Waals surface area contributed by atoms with Crippen LogP contribution in [-0.2, 0) is 24.2 Å². The van der Waals surface area contributed by atoms with Gasteiger partial charge in [0.25, 0.3) is 0 Å². The predicted molar refractivity (Wildman–Crippen MR) is 117 cm³/mol. The van der Waals surface area contributed by atoms with E-state index in [0.29, 0.717) is 12.5 Å². The first kappa shape index (κ1) is 20.8. The number of halogens is 1. The van der Waals surface area contributed by atoms with Gasteiger partial charge in [0.05, 0.1) is 0 Å². The van der Waals surface area contributed by atoms with Gasteiger partial charge in [-0.3, -0.25) is 9.69 Å². The number of fused-ring (bicyclic) bond motifs is 1. The van der Waals surface area contributed by atoms with Crippen LogP contribution in [0.5, 0.6) is 0 Å². The van der Waals surface area contributed by atoms with Gasteiger partial charge in [-0.25, -0.2) is 0 Å². The summed E-state index contributed by atoms with van der Waals surface area (Å²) in [5.74, 6) is 0.216. The summed E-state index contributed by atoms with van der Waals surface area (Å²) in [6.07, 6.45) is 2.56. The third-order valence-corrected chi connectivity index (χ3v) is 6.00. The number of anilines is 1. The molecule has 1 N–H and O–H groups in total. The first-order valence-electron chi connectivity index (χ1n) is 10.1. The highest BCUT2D eigenvalue weighted by atomic mass is 35.5. The highest BCUT2D eigenvalue weighted by Gasteiger charge is 2.25. The summed E-state index contributed by atoms with van der Waals surface area (Å²) < 4.78 is 0. The number of hydrogen-bond acceptors (Lipinski definition) is 3. The quantitative estimate of drug-likeness (QED) is 0.850. The van der Waals surface area contributed by atoms with E-state index in [1.54, 1.807) is 4.90 Å². The first-order chi connectivity index (χ1) is 13.2. The summed E-state index contributed by atoms with van der Waals surface area (Å²) in [6.45, 7) is 6.23. The molecule has 0 radical (unpaired) electrons. The van der Waals surface area contributed by atoms with Crippen molar-refractivity contribution in [2.24, 2.45) is 0 Å². The number of rotatable bonds is 4. The van der Waals surface area contributed by atoms with Crippen molar-refractivity contribution in [2.75, 3.05) is 31.6 Å². The Kier molecular flexibility index (Phi) is 6.76. The summed E-state index contributed by atoms with van der Waals surface area (Å²) in [4.78, 5) is 16.3. The van der Waals surface area contributed by atoms with Gasteiger partial charge < -0.3 is 10.2 Å². The Hall–Kier alpha value is -1.88. The van der Waals surface area contributed by atoms with E-state index in [1.807, 2.05) is 7.05 Å². The molecule has 0 aromatic heterocycles. The summed E-state index contributed by atoms with van der Waals surface area (Å²) >= 11 is 0. The van der Waals surface area contributed by atoms with Crippen LogP contribution in [0.2, 0.25) is 0 Å². The maximum Gasteiger partial charge on any atom is 0.227 e.